The number of pyridine rings is 1. The summed E-state index contributed by atoms with van der Waals surface area (Å²) in [5, 5.41) is 14.3. The highest BCUT2D eigenvalue weighted by molar-refractivity contribution is 7.91. The van der Waals surface area contributed by atoms with Gasteiger partial charge >= 0.3 is 0 Å². The molecule has 3 heterocycles. The van der Waals surface area contributed by atoms with E-state index < -0.39 is 15.9 Å². The normalized spacial score (nSPS) is 18.4. The fraction of sp³-hybridized carbons (Fsp3) is 0.381. The average molecular weight is 400 g/mol. The van der Waals surface area contributed by atoms with Gasteiger partial charge < -0.3 is 15.4 Å². The van der Waals surface area contributed by atoms with Crippen LogP contribution in [0.2, 0.25) is 0 Å². The van der Waals surface area contributed by atoms with Crippen molar-refractivity contribution in [1.29, 1.82) is 0 Å². The SMILES string of the molecule is CC(O)c1cc2c(-c3ccc(CNC4CCS(=O)(=O)CC4)cc3)ccnc2[nH]1. The maximum Gasteiger partial charge on any atom is 0.150 e. The van der Waals surface area contributed by atoms with Gasteiger partial charge in [0.1, 0.15) is 15.5 Å². The van der Waals surface area contributed by atoms with Gasteiger partial charge in [0.2, 0.25) is 0 Å². The molecule has 28 heavy (non-hydrogen) atoms. The van der Waals surface area contributed by atoms with Crippen LogP contribution in [-0.2, 0) is 16.4 Å². The summed E-state index contributed by atoms with van der Waals surface area (Å²) in [6.45, 7) is 2.46. The summed E-state index contributed by atoms with van der Waals surface area (Å²) in [6.07, 6.45) is 2.58. The second-order valence-corrected chi connectivity index (χ2v) is 9.83. The number of aliphatic hydroxyl groups is 1. The predicted molar refractivity (Wildman–Crippen MR) is 111 cm³/mol. The Bertz CT molecular complexity index is 1060. The molecule has 3 aromatic rings. The highest BCUT2D eigenvalue weighted by atomic mass is 32.2. The van der Waals surface area contributed by atoms with Crippen molar-refractivity contribution < 1.29 is 13.5 Å². The van der Waals surface area contributed by atoms with Crippen LogP contribution in [0.15, 0.2) is 42.6 Å². The molecule has 0 radical (unpaired) electrons. The number of aromatic nitrogens is 2. The third-order valence-electron chi connectivity index (χ3n) is 5.42. The Balaban J connectivity index is 1.47. The first-order valence-corrected chi connectivity index (χ1v) is 11.4. The van der Waals surface area contributed by atoms with E-state index in [0.29, 0.717) is 12.8 Å². The fourth-order valence-electron chi connectivity index (χ4n) is 3.68. The molecule has 1 atom stereocenters. The Morgan fingerprint density at radius 3 is 2.61 bits per heavy atom. The van der Waals surface area contributed by atoms with E-state index in [1.54, 1.807) is 13.1 Å². The number of aromatic amines is 1. The Kier molecular flexibility index (Phi) is 5.23. The molecule has 0 spiro atoms. The Morgan fingerprint density at radius 2 is 1.93 bits per heavy atom. The van der Waals surface area contributed by atoms with Crippen molar-refractivity contribution in [1.82, 2.24) is 15.3 Å². The van der Waals surface area contributed by atoms with E-state index in [1.807, 2.05) is 12.1 Å². The fourth-order valence-corrected chi connectivity index (χ4v) is 5.17. The standard InChI is InChI=1S/C21H25N3O3S/c1-14(25)20-12-19-18(6-9-22-21(19)24-20)16-4-2-15(3-5-16)13-23-17-7-10-28(26,27)11-8-17/h2-6,9,12,14,17,23,25H,7-8,10-11,13H2,1H3,(H,22,24). The quantitative estimate of drug-likeness (QED) is 0.613. The molecule has 1 saturated heterocycles. The molecule has 0 amide bonds. The van der Waals surface area contributed by atoms with Crippen LogP contribution in [0.1, 0.15) is 37.1 Å². The Labute approximate surface area is 164 Å². The van der Waals surface area contributed by atoms with Crippen molar-refractivity contribution in [3.8, 4) is 11.1 Å². The van der Waals surface area contributed by atoms with Crippen molar-refractivity contribution in [2.75, 3.05) is 11.5 Å². The molecule has 7 heteroatoms. The van der Waals surface area contributed by atoms with Crippen LogP contribution in [0.25, 0.3) is 22.2 Å². The van der Waals surface area contributed by atoms with Crippen LogP contribution in [0.5, 0.6) is 0 Å². The molecule has 4 rings (SSSR count). The molecule has 148 valence electrons. The van der Waals surface area contributed by atoms with Gasteiger partial charge in [0.25, 0.3) is 0 Å². The predicted octanol–water partition coefficient (Wildman–Crippen LogP) is 2.95. The van der Waals surface area contributed by atoms with E-state index in [1.165, 1.54) is 5.56 Å². The lowest BCUT2D eigenvalue weighted by molar-refractivity contribution is 0.195. The van der Waals surface area contributed by atoms with Crippen LogP contribution in [0, 0.1) is 0 Å². The van der Waals surface area contributed by atoms with Gasteiger partial charge in [0.05, 0.1) is 17.6 Å². The van der Waals surface area contributed by atoms with Crippen molar-refractivity contribution in [2.45, 2.75) is 38.5 Å². The van der Waals surface area contributed by atoms with E-state index in [4.69, 9.17) is 0 Å². The summed E-state index contributed by atoms with van der Waals surface area (Å²) in [4.78, 5) is 7.52. The monoisotopic (exact) mass is 399 g/mol. The molecular formula is C21H25N3O3S. The smallest absolute Gasteiger partial charge is 0.150 e. The van der Waals surface area contributed by atoms with E-state index >= 15 is 0 Å². The first-order chi connectivity index (χ1) is 13.4. The second-order valence-electron chi connectivity index (χ2n) is 7.53. The molecule has 0 bridgehead atoms. The Hall–Kier alpha value is -2.22. The summed E-state index contributed by atoms with van der Waals surface area (Å²) < 4.78 is 23.1. The molecular weight excluding hydrogens is 374 g/mol. The van der Waals surface area contributed by atoms with E-state index in [0.717, 1.165) is 34.4 Å². The number of nitrogens with zero attached hydrogens (tertiary/aromatic N) is 1. The number of benzene rings is 1. The molecule has 1 fully saturated rings. The number of sulfone groups is 1. The molecule has 0 saturated carbocycles. The summed E-state index contributed by atoms with van der Waals surface area (Å²) in [5.41, 5.74) is 4.86. The van der Waals surface area contributed by atoms with Gasteiger partial charge in [-0.05, 0) is 48.6 Å². The molecule has 2 aromatic heterocycles. The third kappa shape index (κ3) is 4.11. The minimum absolute atomic E-state index is 0.266. The summed E-state index contributed by atoms with van der Waals surface area (Å²) in [5.74, 6) is 0.569. The third-order valence-corrected chi connectivity index (χ3v) is 7.13. The van der Waals surface area contributed by atoms with Gasteiger partial charge in [-0.2, -0.15) is 0 Å². The van der Waals surface area contributed by atoms with Crippen LogP contribution in [0.4, 0.5) is 0 Å². The van der Waals surface area contributed by atoms with E-state index in [2.05, 4.69) is 39.6 Å². The average Bonchev–Trinajstić information content (AvgIpc) is 3.12. The maximum absolute atomic E-state index is 11.5. The summed E-state index contributed by atoms with van der Waals surface area (Å²) >= 11 is 0. The summed E-state index contributed by atoms with van der Waals surface area (Å²) in [7, 11) is -2.82. The van der Waals surface area contributed by atoms with Crippen molar-refractivity contribution >= 4 is 20.9 Å². The number of hydrogen-bond donors (Lipinski definition) is 3. The second kappa shape index (κ2) is 7.66. The van der Waals surface area contributed by atoms with Crippen LogP contribution >= 0.6 is 0 Å². The lowest BCUT2D eigenvalue weighted by atomic mass is 10.0. The van der Waals surface area contributed by atoms with Crippen LogP contribution in [-0.4, -0.2) is 41.0 Å². The largest absolute Gasteiger partial charge is 0.387 e. The van der Waals surface area contributed by atoms with Gasteiger partial charge in [-0.25, -0.2) is 13.4 Å². The number of nitrogens with one attached hydrogen (secondary N) is 2. The first-order valence-electron chi connectivity index (χ1n) is 9.60. The zero-order chi connectivity index (χ0) is 19.7. The number of aliphatic hydroxyl groups excluding tert-OH is 1. The van der Waals surface area contributed by atoms with Crippen molar-refractivity contribution in [2.24, 2.45) is 0 Å². The summed E-state index contributed by atoms with van der Waals surface area (Å²) in [6, 6.07) is 12.6. The highest BCUT2D eigenvalue weighted by Gasteiger charge is 2.22. The zero-order valence-electron chi connectivity index (χ0n) is 15.9. The highest BCUT2D eigenvalue weighted by Crippen LogP contribution is 2.29. The van der Waals surface area contributed by atoms with Gasteiger partial charge in [-0.1, -0.05) is 24.3 Å². The van der Waals surface area contributed by atoms with Crippen molar-refractivity contribution in [3.63, 3.8) is 0 Å². The number of fused-ring (bicyclic) bond motifs is 1. The van der Waals surface area contributed by atoms with Gasteiger partial charge in [0, 0.05) is 29.9 Å². The molecule has 0 aliphatic carbocycles. The molecule has 1 unspecified atom stereocenters. The molecule has 6 nitrogen and oxygen atoms in total. The van der Waals surface area contributed by atoms with Crippen LogP contribution < -0.4 is 5.32 Å². The molecule has 1 aliphatic heterocycles. The number of rotatable bonds is 5. The molecule has 1 aliphatic rings. The van der Waals surface area contributed by atoms with E-state index in [-0.39, 0.29) is 17.5 Å². The van der Waals surface area contributed by atoms with Gasteiger partial charge in [-0.15, -0.1) is 0 Å². The number of H-pyrrole nitrogens is 1. The lowest BCUT2D eigenvalue weighted by Gasteiger charge is -2.23. The molecule has 1 aromatic carbocycles. The Morgan fingerprint density at radius 1 is 1.21 bits per heavy atom. The van der Waals surface area contributed by atoms with Crippen LogP contribution in [0.3, 0.4) is 0 Å². The molecule has 3 N–H and O–H groups in total. The zero-order valence-corrected chi connectivity index (χ0v) is 16.7. The first kappa shape index (κ1) is 19.1. The number of hydrogen-bond acceptors (Lipinski definition) is 5. The van der Waals surface area contributed by atoms with Gasteiger partial charge in [0.15, 0.2) is 0 Å². The topological polar surface area (TPSA) is 95.1 Å². The van der Waals surface area contributed by atoms with Gasteiger partial charge in [-0.3, -0.25) is 0 Å². The van der Waals surface area contributed by atoms with E-state index in [9.17, 15) is 13.5 Å². The van der Waals surface area contributed by atoms with Crippen molar-refractivity contribution in [3.05, 3.63) is 53.9 Å². The lowest BCUT2D eigenvalue weighted by Crippen LogP contribution is -2.37. The minimum atomic E-state index is -2.82. The minimum Gasteiger partial charge on any atom is -0.387 e. The maximum atomic E-state index is 11.5.